The van der Waals surface area contributed by atoms with E-state index in [0.717, 1.165) is 12.5 Å². The van der Waals surface area contributed by atoms with Crippen LogP contribution in [0.4, 0.5) is 0 Å². The van der Waals surface area contributed by atoms with Gasteiger partial charge in [0.1, 0.15) is 0 Å². The van der Waals surface area contributed by atoms with Crippen LogP contribution in [0.1, 0.15) is 32.1 Å². The zero-order chi connectivity index (χ0) is 8.81. The second-order valence-electron chi connectivity index (χ2n) is 3.54. The first kappa shape index (κ1) is 9.39. The number of hydrogen-bond acceptors (Lipinski definition) is 3. The Labute approximate surface area is 74.4 Å². The van der Waals surface area contributed by atoms with Gasteiger partial charge in [-0.2, -0.15) is 0 Å². The van der Waals surface area contributed by atoms with Crippen LogP contribution in [0.3, 0.4) is 0 Å². The highest BCUT2D eigenvalue weighted by atomic mass is 15.4. The van der Waals surface area contributed by atoms with Crippen molar-refractivity contribution in [1.29, 1.82) is 0 Å². The van der Waals surface area contributed by atoms with Gasteiger partial charge >= 0.3 is 0 Å². The minimum absolute atomic E-state index is 0.778. The van der Waals surface area contributed by atoms with Crippen LogP contribution < -0.4 is 11.6 Å². The lowest BCUT2D eigenvalue weighted by Crippen LogP contribution is -2.31. The van der Waals surface area contributed by atoms with Gasteiger partial charge in [0.05, 0.1) is 0 Å². The van der Waals surface area contributed by atoms with Gasteiger partial charge < -0.3 is 10.7 Å². The van der Waals surface area contributed by atoms with Crippen LogP contribution in [0.2, 0.25) is 0 Å². The van der Waals surface area contributed by atoms with Crippen molar-refractivity contribution in [3.05, 3.63) is 12.4 Å². The van der Waals surface area contributed by atoms with Crippen LogP contribution in [0.15, 0.2) is 12.4 Å². The molecule has 1 rings (SSSR count). The van der Waals surface area contributed by atoms with E-state index in [9.17, 15) is 0 Å². The van der Waals surface area contributed by atoms with E-state index in [1.165, 1.54) is 38.3 Å². The quantitative estimate of drug-likeness (QED) is 0.492. The van der Waals surface area contributed by atoms with Crippen LogP contribution in [-0.4, -0.2) is 11.6 Å². The summed E-state index contributed by atoms with van der Waals surface area (Å²) < 4.78 is 0. The van der Waals surface area contributed by atoms with Crippen molar-refractivity contribution in [2.45, 2.75) is 32.1 Å². The van der Waals surface area contributed by atoms with E-state index in [0.29, 0.717) is 0 Å². The minimum Gasteiger partial charge on any atom is -0.403 e. The molecule has 0 unspecified atom stereocenters. The smallest absolute Gasteiger partial charge is 0.0364 e. The summed E-state index contributed by atoms with van der Waals surface area (Å²) in [6.45, 7) is 0.952. The SMILES string of the molecule is N/C=C\N(N)CC1CCCCC1. The molecular formula is C9H19N3. The third-order valence-electron chi connectivity index (χ3n) is 2.47. The molecule has 1 fully saturated rings. The molecule has 3 heteroatoms. The highest BCUT2D eigenvalue weighted by Gasteiger charge is 2.13. The van der Waals surface area contributed by atoms with Crippen LogP contribution in [0.25, 0.3) is 0 Å². The van der Waals surface area contributed by atoms with E-state index in [1.54, 1.807) is 11.2 Å². The number of rotatable bonds is 3. The van der Waals surface area contributed by atoms with Gasteiger partial charge in [-0.05, 0) is 18.8 Å². The topological polar surface area (TPSA) is 55.3 Å². The highest BCUT2D eigenvalue weighted by molar-refractivity contribution is 4.76. The fourth-order valence-electron chi connectivity index (χ4n) is 1.84. The third-order valence-corrected chi connectivity index (χ3v) is 2.47. The lowest BCUT2D eigenvalue weighted by molar-refractivity contribution is 0.258. The van der Waals surface area contributed by atoms with Gasteiger partial charge in [0.15, 0.2) is 0 Å². The van der Waals surface area contributed by atoms with Gasteiger partial charge in [0, 0.05) is 18.9 Å². The molecule has 0 bridgehead atoms. The number of nitrogens with two attached hydrogens (primary N) is 2. The predicted molar refractivity (Wildman–Crippen MR) is 50.8 cm³/mol. The number of nitrogens with zero attached hydrogens (tertiary/aromatic N) is 1. The lowest BCUT2D eigenvalue weighted by Gasteiger charge is -2.25. The molecule has 0 aromatic rings. The van der Waals surface area contributed by atoms with Crippen molar-refractivity contribution in [3.63, 3.8) is 0 Å². The molecule has 0 aliphatic heterocycles. The highest BCUT2D eigenvalue weighted by Crippen LogP contribution is 2.23. The van der Waals surface area contributed by atoms with Gasteiger partial charge in [0.2, 0.25) is 0 Å². The van der Waals surface area contributed by atoms with Gasteiger partial charge in [0.25, 0.3) is 0 Å². The Morgan fingerprint density at radius 2 is 1.92 bits per heavy atom. The first-order valence-electron chi connectivity index (χ1n) is 4.72. The molecule has 70 valence electrons. The zero-order valence-corrected chi connectivity index (χ0v) is 7.58. The molecule has 0 amide bonds. The summed E-state index contributed by atoms with van der Waals surface area (Å²) in [6.07, 6.45) is 10.00. The maximum absolute atomic E-state index is 5.68. The Morgan fingerprint density at radius 3 is 2.50 bits per heavy atom. The molecule has 0 atom stereocenters. The molecule has 3 nitrogen and oxygen atoms in total. The van der Waals surface area contributed by atoms with Crippen LogP contribution in [0.5, 0.6) is 0 Å². The standard InChI is InChI=1S/C9H19N3/c10-6-7-12(11)8-9-4-2-1-3-5-9/h6-7,9H,1-5,8,10-11H2/b7-6-. The largest absolute Gasteiger partial charge is 0.403 e. The number of hydrazine groups is 1. The van der Waals surface area contributed by atoms with E-state index in [1.807, 2.05) is 0 Å². The maximum atomic E-state index is 5.68. The zero-order valence-electron chi connectivity index (χ0n) is 7.58. The monoisotopic (exact) mass is 169 g/mol. The molecule has 12 heavy (non-hydrogen) atoms. The second-order valence-corrected chi connectivity index (χ2v) is 3.54. The van der Waals surface area contributed by atoms with Gasteiger partial charge in [-0.25, -0.2) is 5.84 Å². The van der Waals surface area contributed by atoms with E-state index in [2.05, 4.69) is 0 Å². The first-order chi connectivity index (χ1) is 5.83. The normalized spacial score (nSPS) is 20.1. The van der Waals surface area contributed by atoms with Crippen molar-refractivity contribution in [1.82, 2.24) is 5.01 Å². The second kappa shape index (κ2) is 5.04. The average Bonchev–Trinajstić information content (AvgIpc) is 2.06. The minimum atomic E-state index is 0.778. The third kappa shape index (κ3) is 3.13. The van der Waals surface area contributed by atoms with E-state index in [4.69, 9.17) is 11.6 Å². The molecule has 4 N–H and O–H groups in total. The van der Waals surface area contributed by atoms with Crippen molar-refractivity contribution in [3.8, 4) is 0 Å². The Hall–Kier alpha value is -0.700. The molecule has 1 aliphatic carbocycles. The molecule has 0 saturated heterocycles. The van der Waals surface area contributed by atoms with Crippen molar-refractivity contribution < 1.29 is 0 Å². The van der Waals surface area contributed by atoms with E-state index in [-0.39, 0.29) is 0 Å². The molecular weight excluding hydrogens is 150 g/mol. The summed E-state index contributed by atoms with van der Waals surface area (Å²) in [5.74, 6) is 6.46. The maximum Gasteiger partial charge on any atom is 0.0364 e. The summed E-state index contributed by atoms with van der Waals surface area (Å²) in [6, 6.07) is 0. The Balaban J connectivity index is 2.19. The van der Waals surface area contributed by atoms with Gasteiger partial charge in [-0.15, -0.1) is 0 Å². The summed E-state index contributed by atoms with van der Waals surface area (Å²) in [5.41, 5.74) is 5.23. The van der Waals surface area contributed by atoms with Crippen molar-refractivity contribution in [2.24, 2.45) is 17.5 Å². The molecule has 1 saturated carbocycles. The van der Waals surface area contributed by atoms with E-state index >= 15 is 0 Å². The Bertz CT molecular complexity index is 139. The Kier molecular flexibility index (Phi) is 3.94. The van der Waals surface area contributed by atoms with Crippen molar-refractivity contribution >= 4 is 0 Å². The van der Waals surface area contributed by atoms with Gasteiger partial charge in [-0.1, -0.05) is 19.3 Å². The molecule has 0 aromatic carbocycles. The molecule has 1 aliphatic rings. The predicted octanol–water partition coefficient (Wildman–Crippen LogP) is 1.17. The van der Waals surface area contributed by atoms with E-state index < -0.39 is 0 Å². The first-order valence-corrected chi connectivity index (χ1v) is 4.72. The Morgan fingerprint density at radius 1 is 1.25 bits per heavy atom. The lowest BCUT2D eigenvalue weighted by atomic mass is 9.89. The summed E-state index contributed by atoms with van der Waals surface area (Å²) in [4.78, 5) is 0. The fourth-order valence-corrected chi connectivity index (χ4v) is 1.84. The molecule has 0 radical (unpaired) electrons. The summed E-state index contributed by atoms with van der Waals surface area (Å²) in [5, 5.41) is 1.69. The van der Waals surface area contributed by atoms with Crippen LogP contribution >= 0.6 is 0 Å². The van der Waals surface area contributed by atoms with Crippen molar-refractivity contribution in [2.75, 3.05) is 6.54 Å². The fraction of sp³-hybridized carbons (Fsp3) is 0.778. The van der Waals surface area contributed by atoms with Crippen LogP contribution in [0, 0.1) is 5.92 Å². The molecule has 0 heterocycles. The van der Waals surface area contributed by atoms with Crippen LogP contribution in [-0.2, 0) is 0 Å². The molecule has 0 spiro atoms. The number of hydrogen-bond donors (Lipinski definition) is 2. The summed E-state index contributed by atoms with van der Waals surface area (Å²) in [7, 11) is 0. The summed E-state index contributed by atoms with van der Waals surface area (Å²) >= 11 is 0. The average molecular weight is 169 g/mol. The molecule has 0 aromatic heterocycles. The van der Waals surface area contributed by atoms with Gasteiger partial charge in [-0.3, -0.25) is 0 Å².